The average molecular weight is 481 g/mol. The summed E-state index contributed by atoms with van der Waals surface area (Å²) < 4.78 is 0. The van der Waals surface area contributed by atoms with Crippen LogP contribution in [-0.4, -0.2) is 34.6 Å². The number of aryl methyl sites for hydroxylation is 1. The zero-order valence-electron chi connectivity index (χ0n) is 18.5. The van der Waals surface area contributed by atoms with E-state index in [0.29, 0.717) is 15.6 Å². The molecule has 2 aromatic rings. The molecule has 4 nitrogen and oxygen atoms in total. The highest BCUT2D eigenvalue weighted by Gasteiger charge is 2.28. The van der Waals surface area contributed by atoms with Gasteiger partial charge < -0.3 is 10.2 Å². The number of nitrogens with one attached hydrogen (secondary N) is 1. The van der Waals surface area contributed by atoms with Gasteiger partial charge in [0, 0.05) is 33.9 Å². The molecule has 2 rings (SSSR count). The first-order valence-electron chi connectivity index (χ1n) is 10.4. The topological polar surface area (TPSA) is 49.4 Å². The second-order valence-electron chi connectivity index (χ2n) is 7.63. The first-order valence-corrected chi connectivity index (χ1v) is 12.3. The van der Waals surface area contributed by atoms with Gasteiger partial charge >= 0.3 is 0 Å². The lowest BCUT2D eigenvalue weighted by atomic mass is 10.1. The van der Waals surface area contributed by atoms with E-state index < -0.39 is 6.04 Å². The van der Waals surface area contributed by atoms with Crippen LogP contribution >= 0.6 is 35.0 Å². The molecule has 31 heavy (non-hydrogen) atoms. The van der Waals surface area contributed by atoms with Gasteiger partial charge in [0.1, 0.15) is 6.04 Å². The van der Waals surface area contributed by atoms with Crippen LogP contribution in [-0.2, 0) is 21.9 Å². The molecule has 0 radical (unpaired) electrons. The third kappa shape index (κ3) is 7.44. The third-order valence-electron chi connectivity index (χ3n) is 5.30. The molecule has 0 saturated carbocycles. The summed E-state index contributed by atoms with van der Waals surface area (Å²) in [6.45, 7) is 7.93. The summed E-state index contributed by atoms with van der Waals surface area (Å²) in [5.41, 5.74) is 3.04. The van der Waals surface area contributed by atoms with Crippen molar-refractivity contribution in [3.8, 4) is 0 Å². The van der Waals surface area contributed by atoms with Crippen LogP contribution < -0.4 is 5.32 Å². The van der Waals surface area contributed by atoms with E-state index in [2.05, 4.69) is 24.4 Å². The van der Waals surface area contributed by atoms with Crippen LogP contribution in [0.15, 0.2) is 42.5 Å². The van der Waals surface area contributed by atoms with Crippen molar-refractivity contribution < 1.29 is 9.59 Å². The molecule has 0 saturated heterocycles. The van der Waals surface area contributed by atoms with E-state index in [4.69, 9.17) is 23.2 Å². The summed E-state index contributed by atoms with van der Waals surface area (Å²) >= 11 is 14.2. The second kappa shape index (κ2) is 12.4. The molecule has 0 spiro atoms. The van der Waals surface area contributed by atoms with Gasteiger partial charge in [0.05, 0.1) is 5.75 Å². The minimum absolute atomic E-state index is 0.0336. The van der Waals surface area contributed by atoms with Crippen LogP contribution in [0.3, 0.4) is 0 Å². The SMILES string of the molecule is CC[C@H](C)NC(=O)[C@@H](C)N(Cc1c(Cl)cccc1Cl)C(=O)CSCc1ccccc1C. The van der Waals surface area contributed by atoms with E-state index in [1.807, 2.05) is 26.0 Å². The molecule has 0 aliphatic rings. The number of nitrogens with zero attached hydrogens (tertiary/aromatic N) is 1. The van der Waals surface area contributed by atoms with Crippen LogP contribution in [0.2, 0.25) is 10.0 Å². The fraction of sp³-hybridized carbons (Fsp3) is 0.417. The van der Waals surface area contributed by atoms with Crippen molar-refractivity contribution in [2.75, 3.05) is 5.75 Å². The van der Waals surface area contributed by atoms with Crippen LogP contribution in [0.25, 0.3) is 0 Å². The van der Waals surface area contributed by atoms with E-state index in [1.54, 1.807) is 30.0 Å². The number of amides is 2. The maximum absolute atomic E-state index is 13.2. The molecule has 1 N–H and O–H groups in total. The lowest BCUT2D eigenvalue weighted by Crippen LogP contribution is -2.50. The van der Waals surface area contributed by atoms with Gasteiger partial charge in [0.15, 0.2) is 0 Å². The number of hydrogen-bond acceptors (Lipinski definition) is 3. The fourth-order valence-electron chi connectivity index (χ4n) is 3.01. The summed E-state index contributed by atoms with van der Waals surface area (Å²) in [5, 5.41) is 3.92. The Morgan fingerprint density at radius 3 is 2.32 bits per heavy atom. The molecule has 0 unspecified atom stereocenters. The largest absolute Gasteiger partial charge is 0.352 e. The number of rotatable bonds is 10. The number of benzene rings is 2. The monoisotopic (exact) mass is 480 g/mol. The number of carbonyl (C=O) groups is 2. The quantitative estimate of drug-likeness (QED) is 0.462. The maximum Gasteiger partial charge on any atom is 0.242 e. The number of hydrogen-bond donors (Lipinski definition) is 1. The van der Waals surface area contributed by atoms with Crippen molar-refractivity contribution in [2.24, 2.45) is 0 Å². The Labute approximate surface area is 199 Å². The van der Waals surface area contributed by atoms with Gasteiger partial charge in [-0.15, -0.1) is 11.8 Å². The van der Waals surface area contributed by atoms with E-state index in [0.717, 1.165) is 12.2 Å². The van der Waals surface area contributed by atoms with Gasteiger partial charge in [-0.3, -0.25) is 9.59 Å². The van der Waals surface area contributed by atoms with Crippen molar-refractivity contribution in [2.45, 2.75) is 58.5 Å². The molecule has 0 fully saturated rings. The molecule has 0 heterocycles. The highest BCUT2D eigenvalue weighted by atomic mass is 35.5. The average Bonchev–Trinajstić information content (AvgIpc) is 2.74. The van der Waals surface area contributed by atoms with Gasteiger partial charge in [-0.25, -0.2) is 0 Å². The first-order chi connectivity index (χ1) is 14.7. The molecule has 2 amide bonds. The Hall–Kier alpha value is -1.69. The third-order valence-corrected chi connectivity index (χ3v) is 6.98. The second-order valence-corrected chi connectivity index (χ2v) is 9.43. The maximum atomic E-state index is 13.2. The van der Waals surface area contributed by atoms with Gasteiger partial charge in [0.2, 0.25) is 11.8 Å². The molecule has 7 heteroatoms. The number of halogens is 2. The fourth-order valence-corrected chi connectivity index (χ4v) is 4.51. The molecule has 2 atom stereocenters. The predicted octanol–water partition coefficient (Wildman–Crippen LogP) is 5.87. The number of carbonyl (C=O) groups excluding carboxylic acids is 2. The Kier molecular flexibility index (Phi) is 10.2. The van der Waals surface area contributed by atoms with Crippen LogP contribution in [0, 0.1) is 6.92 Å². The van der Waals surface area contributed by atoms with E-state index in [-0.39, 0.29) is 30.2 Å². The Bertz CT molecular complexity index is 887. The summed E-state index contributed by atoms with van der Waals surface area (Å²) in [6, 6.07) is 12.8. The molecular formula is C24H30Cl2N2O2S. The van der Waals surface area contributed by atoms with E-state index in [9.17, 15) is 9.59 Å². The zero-order chi connectivity index (χ0) is 23.0. The standard InChI is InChI=1S/C24H30Cl2N2O2S/c1-5-17(3)27-24(30)18(4)28(13-20-21(25)11-8-12-22(20)26)23(29)15-31-14-19-10-7-6-9-16(19)2/h6-12,17-18H,5,13-15H2,1-4H3,(H,27,30)/t17-,18+/m0/s1. The molecule has 0 aromatic heterocycles. The molecule has 168 valence electrons. The lowest BCUT2D eigenvalue weighted by molar-refractivity contribution is -0.138. The molecule has 0 bridgehead atoms. The number of thioether (sulfide) groups is 1. The van der Waals surface area contributed by atoms with Gasteiger partial charge in [0.25, 0.3) is 0 Å². The Morgan fingerprint density at radius 2 is 1.71 bits per heavy atom. The predicted molar refractivity (Wildman–Crippen MR) is 132 cm³/mol. The first kappa shape index (κ1) is 25.6. The minimum atomic E-state index is -0.645. The summed E-state index contributed by atoms with van der Waals surface area (Å²) in [4.78, 5) is 27.5. The van der Waals surface area contributed by atoms with Crippen molar-refractivity contribution in [1.29, 1.82) is 0 Å². The molecular weight excluding hydrogens is 451 g/mol. The van der Waals surface area contributed by atoms with Gasteiger partial charge in [-0.1, -0.05) is 60.5 Å². The summed E-state index contributed by atoms with van der Waals surface area (Å²) in [7, 11) is 0. The van der Waals surface area contributed by atoms with E-state index >= 15 is 0 Å². The summed E-state index contributed by atoms with van der Waals surface area (Å²) in [5.74, 6) is 0.681. The molecule has 0 aliphatic heterocycles. The normalized spacial score (nSPS) is 12.8. The van der Waals surface area contributed by atoms with Crippen LogP contribution in [0.1, 0.15) is 43.9 Å². The van der Waals surface area contributed by atoms with Crippen molar-refractivity contribution >= 4 is 46.8 Å². The van der Waals surface area contributed by atoms with Crippen molar-refractivity contribution in [3.63, 3.8) is 0 Å². The van der Waals surface area contributed by atoms with Crippen molar-refractivity contribution in [3.05, 3.63) is 69.2 Å². The van der Waals surface area contributed by atoms with Crippen molar-refractivity contribution in [1.82, 2.24) is 10.2 Å². The van der Waals surface area contributed by atoms with Gasteiger partial charge in [-0.2, -0.15) is 0 Å². The highest BCUT2D eigenvalue weighted by Crippen LogP contribution is 2.27. The smallest absolute Gasteiger partial charge is 0.242 e. The molecule has 2 aromatic carbocycles. The lowest BCUT2D eigenvalue weighted by Gasteiger charge is -2.30. The molecule has 0 aliphatic carbocycles. The minimum Gasteiger partial charge on any atom is -0.352 e. The summed E-state index contributed by atoms with van der Waals surface area (Å²) in [6.07, 6.45) is 0.815. The highest BCUT2D eigenvalue weighted by molar-refractivity contribution is 7.99. The van der Waals surface area contributed by atoms with E-state index in [1.165, 1.54) is 22.9 Å². The van der Waals surface area contributed by atoms with Crippen LogP contribution in [0.5, 0.6) is 0 Å². The Morgan fingerprint density at radius 1 is 1.06 bits per heavy atom. The van der Waals surface area contributed by atoms with Gasteiger partial charge in [-0.05, 0) is 50.5 Å². The zero-order valence-corrected chi connectivity index (χ0v) is 20.8. The Balaban J connectivity index is 2.16. The van der Waals surface area contributed by atoms with Crippen LogP contribution in [0.4, 0.5) is 0 Å².